The van der Waals surface area contributed by atoms with Crippen LogP contribution in [0.15, 0.2) is 59.1 Å². The third kappa shape index (κ3) is 3.45. The van der Waals surface area contributed by atoms with E-state index >= 15 is 0 Å². The van der Waals surface area contributed by atoms with Crippen molar-refractivity contribution in [3.05, 3.63) is 72.0 Å². The van der Waals surface area contributed by atoms with Gasteiger partial charge in [-0.15, -0.1) is 0 Å². The lowest BCUT2D eigenvalue weighted by atomic mass is 10.1. The maximum Gasteiger partial charge on any atom is 0.232 e. The Hall–Kier alpha value is -2.95. The van der Waals surface area contributed by atoms with Crippen molar-refractivity contribution >= 4 is 5.78 Å². The highest BCUT2D eigenvalue weighted by atomic mass is 19.1. The first kappa shape index (κ1) is 15.0. The van der Waals surface area contributed by atoms with E-state index < -0.39 is 5.82 Å². The summed E-state index contributed by atoms with van der Waals surface area (Å²) in [6.45, 7) is 1.42. The van der Waals surface area contributed by atoms with E-state index in [-0.39, 0.29) is 18.0 Å². The maximum absolute atomic E-state index is 13.2. The number of ketones is 1. The lowest BCUT2D eigenvalue weighted by Crippen LogP contribution is -2.02. The number of oxazole rings is 1. The van der Waals surface area contributed by atoms with E-state index in [1.807, 2.05) is 30.3 Å². The molecule has 0 aliphatic rings. The lowest BCUT2D eigenvalue weighted by molar-refractivity contribution is 0.101. The van der Waals surface area contributed by atoms with Gasteiger partial charge in [0.2, 0.25) is 5.89 Å². The van der Waals surface area contributed by atoms with Crippen LogP contribution in [0.5, 0.6) is 5.75 Å². The SMILES string of the molecule is CC(=O)c1cc(F)ccc1OCc1ncc(-c2ccccc2)o1. The summed E-state index contributed by atoms with van der Waals surface area (Å²) in [5.74, 6) is 0.568. The second kappa shape index (κ2) is 6.44. The van der Waals surface area contributed by atoms with Gasteiger partial charge in [0.1, 0.15) is 11.6 Å². The van der Waals surface area contributed by atoms with Crippen LogP contribution in [-0.2, 0) is 6.61 Å². The first-order valence-electron chi connectivity index (χ1n) is 7.07. The number of hydrogen-bond acceptors (Lipinski definition) is 4. The lowest BCUT2D eigenvalue weighted by Gasteiger charge is -2.08. The largest absolute Gasteiger partial charge is 0.483 e. The molecule has 3 aromatic rings. The summed E-state index contributed by atoms with van der Waals surface area (Å²) in [6.07, 6.45) is 1.62. The van der Waals surface area contributed by atoms with Gasteiger partial charge in [0.05, 0.1) is 11.8 Å². The van der Waals surface area contributed by atoms with Crippen molar-refractivity contribution in [1.29, 1.82) is 0 Å². The number of Topliss-reactive ketones (excluding diaryl/α,β-unsaturated/α-hetero) is 1. The Morgan fingerprint density at radius 2 is 2.00 bits per heavy atom. The highest BCUT2D eigenvalue weighted by Crippen LogP contribution is 2.23. The summed E-state index contributed by atoms with van der Waals surface area (Å²) in [4.78, 5) is 15.7. The molecule has 2 aromatic carbocycles. The number of ether oxygens (including phenoxy) is 1. The van der Waals surface area contributed by atoms with E-state index in [4.69, 9.17) is 9.15 Å². The molecule has 1 aromatic heterocycles. The van der Waals surface area contributed by atoms with E-state index in [1.54, 1.807) is 6.20 Å². The number of halogens is 1. The number of aromatic nitrogens is 1. The second-order valence-electron chi connectivity index (χ2n) is 4.97. The van der Waals surface area contributed by atoms with Crippen LogP contribution in [0.3, 0.4) is 0 Å². The van der Waals surface area contributed by atoms with Crippen LogP contribution in [0.1, 0.15) is 23.2 Å². The van der Waals surface area contributed by atoms with Crippen molar-refractivity contribution in [2.75, 3.05) is 0 Å². The standard InChI is InChI=1S/C18H14FNO3/c1-12(21)15-9-14(19)7-8-16(15)22-11-18-20-10-17(23-18)13-5-3-2-4-6-13/h2-10H,11H2,1H3. The average molecular weight is 311 g/mol. The van der Waals surface area contributed by atoms with Gasteiger partial charge in [-0.05, 0) is 25.1 Å². The molecule has 0 saturated carbocycles. The third-order valence-electron chi connectivity index (χ3n) is 3.28. The summed E-state index contributed by atoms with van der Waals surface area (Å²) in [5.41, 5.74) is 1.11. The Morgan fingerprint density at radius 1 is 1.22 bits per heavy atom. The molecule has 23 heavy (non-hydrogen) atoms. The Kier molecular flexibility index (Phi) is 4.19. The van der Waals surface area contributed by atoms with Gasteiger partial charge in [-0.3, -0.25) is 4.79 Å². The number of benzene rings is 2. The third-order valence-corrected chi connectivity index (χ3v) is 3.28. The Balaban J connectivity index is 1.75. The monoisotopic (exact) mass is 311 g/mol. The van der Waals surface area contributed by atoms with E-state index in [1.165, 1.54) is 19.1 Å². The molecule has 0 N–H and O–H groups in total. The molecule has 0 bridgehead atoms. The predicted molar refractivity (Wildman–Crippen MR) is 82.7 cm³/mol. The fourth-order valence-electron chi connectivity index (χ4n) is 2.16. The Labute approximate surface area is 132 Å². The van der Waals surface area contributed by atoms with Crippen molar-refractivity contribution in [3.63, 3.8) is 0 Å². The van der Waals surface area contributed by atoms with Crippen molar-refractivity contribution < 1.29 is 18.3 Å². The molecule has 0 atom stereocenters. The molecule has 0 saturated heterocycles. The zero-order valence-corrected chi connectivity index (χ0v) is 12.5. The van der Waals surface area contributed by atoms with Crippen LogP contribution in [-0.4, -0.2) is 10.8 Å². The topological polar surface area (TPSA) is 52.3 Å². The van der Waals surface area contributed by atoms with E-state index in [2.05, 4.69) is 4.98 Å². The molecule has 0 aliphatic heterocycles. The van der Waals surface area contributed by atoms with Crippen LogP contribution in [0.2, 0.25) is 0 Å². The molecule has 0 unspecified atom stereocenters. The van der Waals surface area contributed by atoms with Crippen LogP contribution in [0, 0.1) is 5.82 Å². The van der Waals surface area contributed by atoms with Gasteiger partial charge < -0.3 is 9.15 Å². The van der Waals surface area contributed by atoms with Crippen molar-refractivity contribution in [1.82, 2.24) is 4.98 Å². The fraction of sp³-hybridized carbons (Fsp3) is 0.111. The van der Waals surface area contributed by atoms with E-state index in [9.17, 15) is 9.18 Å². The Morgan fingerprint density at radius 3 is 2.74 bits per heavy atom. The number of carbonyl (C=O) groups excluding carboxylic acids is 1. The van der Waals surface area contributed by atoms with Crippen molar-refractivity contribution in [2.45, 2.75) is 13.5 Å². The Bertz CT molecular complexity index is 827. The molecular weight excluding hydrogens is 297 g/mol. The highest BCUT2D eigenvalue weighted by molar-refractivity contribution is 5.96. The fourth-order valence-corrected chi connectivity index (χ4v) is 2.16. The molecule has 5 heteroatoms. The smallest absolute Gasteiger partial charge is 0.232 e. The molecule has 1 heterocycles. The number of hydrogen-bond donors (Lipinski definition) is 0. The van der Waals surface area contributed by atoms with Gasteiger partial charge in [0, 0.05) is 5.56 Å². The van der Waals surface area contributed by atoms with Gasteiger partial charge in [-0.1, -0.05) is 30.3 Å². The minimum atomic E-state index is -0.481. The first-order valence-corrected chi connectivity index (χ1v) is 7.07. The zero-order valence-electron chi connectivity index (χ0n) is 12.5. The zero-order chi connectivity index (χ0) is 16.2. The summed E-state index contributed by atoms with van der Waals surface area (Å²) >= 11 is 0. The summed E-state index contributed by atoms with van der Waals surface area (Å²) in [6, 6.07) is 13.4. The summed E-state index contributed by atoms with van der Waals surface area (Å²) in [5, 5.41) is 0. The highest BCUT2D eigenvalue weighted by Gasteiger charge is 2.12. The van der Waals surface area contributed by atoms with Crippen LogP contribution >= 0.6 is 0 Å². The molecule has 0 amide bonds. The van der Waals surface area contributed by atoms with Gasteiger partial charge in [0.25, 0.3) is 0 Å². The van der Waals surface area contributed by atoms with Gasteiger partial charge in [-0.25, -0.2) is 9.37 Å². The van der Waals surface area contributed by atoms with Crippen LogP contribution in [0.4, 0.5) is 4.39 Å². The minimum absolute atomic E-state index is 0.0543. The normalized spacial score (nSPS) is 10.5. The quantitative estimate of drug-likeness (QED) is 0.661. The number of rotatable bonds is 5. The minimum Gasteiger partial charge on any atom is -0.483 e. The van der Waals surface area contributed by atoms with Gasteiger partial charge in [-0.2, -0.15) is 0 Å². The number of carbonyl (C=O) groups is 1. The summed E-state index contributed by atoms with van der Waals surface area (Å²) < 4.78 is 24.4. The van der Waals surface area contributed by atoms with Crippen LogP contribution < -0.4 is 4.74 Å². The maximum atomic E-state index is 13.2. The van der Waals surface area contributed by atoms with Crippen LogP contribution in [0.25, 0.3) is 11.3 Å². The molecular formula is C18H14FNO3. The van der Waals surface area contributed by atoms with Gasteiger partial charge >= 0.3 is 0 Å². The average Bonchev–Trinajstić information content (AvgIpc) is 3.03. The van der Waals surface area contributed by atoms with E-state index in [0.717, 1.165) is 11.6 Å². The molecule has 0 radical (unpaired) electrons. The molecule has 4 nitrogen and oxygen atoms in total. The second-order valence-corrected chi connectivity index (χ2v) is 4.97. The van der Waals surface area contributed by atoms with E-state index in [0.29, 0.717) is 17.4 Å². The predicted octanol–water partition coefficient (Wildman–Crippen LogP) is 4.26. The molecule has 0 fully saturated rings. The first-order chi connectivity index (χ1) is 11.1. The molecule has 116 valence electrons. The van der Waals surface area contributed by atoms with Gasteiger partial charge in [0.15, 0.2) is 18.2 Å². The summed E-state index contributed by atoms with van der Waals surface area (Å²) in [7, 11) is 0. The van der Waals surface area contributed by atoms with Crippen molar-refractivity contribution in [3.8, 4) is 17.1 Å². The van der Waals surface area contributed by atoms with Crippen molar-refractivity contribution in [2.24, 2.45) is 0 Å². The number of nitrogens with zero attached hydrogens (tertiary/aromatic N) is 1. The molecule has 0 aliphatic carbocycles. The molecule has 0 spiro atoms. The molecule has 3 rings (SSSR count).